The molecule has 8 heteroatoms. The first kappa shape index (κ1) is 15.4. The van der Waals surface area contributed by atoms with Gasteiger partial charge in [-0.3, -0.25) is 0 Å². The average Bonchev–Trinajstić information content (AvgIpc) is 2.31. The number of nitrogens with two attached hydrogens (primary N) is 1. The fourth-order valence-corrected chi connectivity index (χ4v) is 3.36. The third-order valence-corrected chi connectivity index (χ3v) is 5.11. The molecule has 0 saturated heterocycles. The van der Waals surface area contributed by atoms with Crippen molar-refractivity contribution in [2.45, 2.75) is 17.9 Å². The predicted octanol–water partition coefficient (Wildman–Crippen LogP) is 1.17. The molecule has 0 bridgehead atoms. The van der Waals surface area contributed by atoms with Gasteiger partial charge in [0.1, 0.15) is 4.90 Å². The third-order valence-electron chi connectivity index (χ3n) is 2.56. The number of rotatable bonds is 4. The number of hydrogen-bond donors (Lipinski definition) is 2. The quantitative estimate of drug-likeness (QED) is 0.806. The Morgan fingerprint density at radius 2 is 2.11 bits per heavy atom. The smallest absolute Gasteiger partial charge is 0.246 e. The Morgan fingerprint density at radius 3 is 2.61 bits per heavy atom. The van der Waals surface area contributed by atoms with E-state index in [-0.39, 0.29) is 16.8 Å². The van der Waals surface area contributed by atoms with Crippen LogP contribution in [-0.4, -0.2) is 37.5 Å². The molecular formula is C10H14BrFN2O3S. The summed E-state index contributed by atoms with van der Waals surface area (Å²) < 4.78 is 39.0. The van der Waals surface area contributed by atoms with Crippen molar-refractivity contribution in [1.29, 1.82) is 0 Å². The Bertz CT molecular complexity index is 550. The molecule has 0 aliphatic carbocycles. The maximum absolute atomic E-state index is 13.8. The Balaban J connectivity index is 3.37. The van der Waals surface area contributed by atoms with E-state index in [4.69, 9.17) is 10.8 Å². The van der Waals surface area contributed by atoms with E-state index < -0.39 is 26.8 Å². The van der Waals surface area contributed by atoms with Crippen LogP contribution in [-0.2, 0) is 10.0 Å². The summed E-state index contributed by atoms with van der Waals surface area (Å²) in [5.74, 6) is -0.902. The zero-order chi connectivity index (χ0) is 14.1. The number of nitrogen functional groups attached to an aromatic ring is 1. The second-order valence-electron chi connectivity index (χ2n) is 3.87. The molecule has 0 aliphatic rings. The van der Waals surface area contributed by atoms with Crippen LogP contribution in [0.15, 0.2) is 21.5 Å². The summed E-state index contributed by atoms with van der Waals surface area (Å²) >= 11 is 2.91. The van der Waals surface area contributed by atoms with Crippen molar-refractivity contribution < 1.29 is 17.9 Å². The van der Waals surface area contributed by atoms with Crippen LogP contribution in [0.1, 0.15) is 6.92 Å². The number of aliphatic hydroxyl groups is 1. The highest BCUT2D eigenvalue weighted by atomic mass is 79.9. The van der Waals surface area contributed by atoms with Crippen molar-refractivity contribution in [1.82, 2.24) is 4.31 Å². The Kier molecular flexibility index (Phi) is 4.71. The molecule has 18 heavy (non-hydrogen) atoms. The Labute approximate surface area is 114 Å². The molecule has 1 unspecified atom stereocenters. The lowest BCUT2D eigenvalue weighted by atomic mass is 10.3. The van der Waals surface area contributed by atoms with Crippen LogP contribution >= 0.6 is 15.9 Å². The number of likely N-dealkylation sites (N-methyl/N-ethyl adjacent to an activating group) is 1. The van der Waals surface area contributed by atoms with E-state index in [9.17, 15) is 12.8 Å². The third kappa shape index (κ3) is 2.82. The molecule has 3 N–H and O–H groups in total. The largest absolute Gasteiger partial charge is 0.399 e. The summed E-state index contributed by atoms with van der Waals surface area (Å²) in [5, 5.41) is 8.96. The highest BCUT2D eigenvalue weighted by Crippen LogP contribution is 2.28. The van der Waals surface area contributed by atoms with E-state index in [1.165, 1.54) is 20.0 Å². The molecule has 0 spiro atoms. The van der Waals surface area contributed by atoms with Crippen LogP contribution < -0.4 is 5.73 Å². The van der Waals surface area contributed by atoms with Crippen LogP contribution in [0.25, 0.3) is 0 Å². The molecule has 0 aliphatic heterocycles. The molecule has 0 heterocycles. The van der Waals surface area contributed by atoms with E-state index in [1.54, 1.807) is 0 Å². The molecule has 0 saturated carbocycles. The van der Waals surface area contributed by atoms with Gasteiger partial charge < -0.3 is 10.8 Å². The predicted molar refractivity (Wildman–Crippen MR) is 70.0 cm³/mol. The van der Waals surface area contributed by atoms with E-state index in [0.29, 0.717) is 0 Å². The van der Waals surface area contributed by atoms with Crippen molar-refractivity contribution >= 4 is 31.6 Å². The minimum atomic E-state index is -4.04. The summed E-state index contributed by atoms with van der Waals surface area (Å²) in [7, 11) is -2.77. The Morgan fingerprint density at radius 1 is 1.56 bits per heavy atom. The first-order valence-corrected chi connectivity index (χ1v) is 7.28. The molecule has 1 atom stereocenters. The van der Waals surface area contributed by atoms with Crippen LogP contribution in [0.3, 0.4) is 0 Å². The van der Waals surface area contributed by atoms with Gasteiger partial charge >= 0.3 is 0 Å². The molecule has 0 fully saturated rings. The van der Waals surface area contributed by atoms with Crippen molar-refractivity contribution in [3.05, 3.63) is 22.4 Å². The highest BCUT2D eigenvalue weighted by Gasteiger charge is 2.29. The maximum Gasteiger partial charge on any atom is 0.246 e. The molecule has 0 amide bonds. The average molecular weight is 341 g/mol. The van der Waals surface area contributed by atoms with Gasteiger partial charge in [0.05, 0.1) is 11.1 Å². The van der Waals surface area contributed by atoms with Crippen molar-refractivity contribution in [3.8, 4) is 0 Å². The standard InChI is InChI=1S/C10H14BrFN2O3S/c1-6(5-15)14(2)18(16,17)9-4-7(13)3-8(11)10(9)12/h3-4,6,15H,5,13H2,1-2H3. The molecule has 0 radical (unpaired) electrons. The van der Waals surface area contributed by atoms with E-state index in [2.05, 4.69) is 15.9 Å². The minimum Gasteiger partial charge on any atom is -0.399 e. The zero-order valence-corrected chi connectivity index (χ0v) is 12.3. The molecule has 102 valence electrons. The summed E-state index contributed by atoms with van der Waals surface area (Å²) in [6, 6.07) is 1.68. The van der Waals surface area contributed by atoms with Crippen LogP contribution in [0, 0.1) is 5.82 Å². The lowest BCUT2D eigenvalue weighted by molar-refractivity contribution is 0.213. The summed E-state index contributed by atoms with van der Waals surface area (Å²) in [6.07, 6.45) is 0. The number of hydrogen-bond acceptors (Lipinski definition) is 4. The first-order chi connectivity index (χ1) is 8.21. The van der Waals surface area contributed by atoms with E-state index in [1.807, 2.05) is 0 Å². The molecule has 1 aromatic carbocycles. The van der Waals surface area contributed by atoms with Gasteiger partial charge in [0, 0.05) is 18.8 Å². The van der Waals surface area contributed by atoms with Crippen LogP contribution in [0.4, 0.5) is 10.1 Å². The summed E-state index contributed by atoms with van der Waals surface area (Å²) in [6.45, 7) is 1.15. The minimum absolute atomic E-state index is 0.0221. The monoisotopic (exact) mass is 340 g/mol. The van der Waals surface area contributed by atoms with E-state index in [0.717, 1.165) is 10.4 Å². The van der Waals surface area contributed by atoms with Gasteiger partial charge in [-0.1, -0.05) is 0 Å². The number of benzene rings is 1. The fourth-order valence-electron chi connectivity index (χ4n) is 1.28. The topological polar surface area (TPSA) is 83.6 Å². The van der Waals surface area contributed by atoms with Crippen LogP contribution in [0.2, 0.25) is 0 Å². The van der Waals surface area contributed by atoms with Gasteiger partial charge in [-0.15, -0.1) is 0 Å². The number of aliphatic hydroxyl groups excluding tert-OH is 1. The number of sulfonamides is 1. The lowest BCUT2D eigenvalue weighted by Gasteiger charge is -2.23. The molecule has 1 aromatic rings. The lowest BCUT2D eigenvalue weighted by Crippen LogP contribution is -2.37. The second kappa shape index (κ2) is 5.52. The van der Waals surface area contributed by atoms with Gasteiger partial charge in [0.25, 0.3) is 0 Å². The normalized spacial score (nSPS) is 13.9. The number of anilines is 1. The van der Waals surface area contributed by atoms with Gasteiger partial charge in [0.15, 0.2) is 5.82 Å². The highest BCUT2D eigenvalue weighted by molar-refractivity contribution is 9.10. The summed E-state index contributed by atoms with van der Waals surface area (Å²) in [5.41, 5.74) is 5.64. The Hall–Kier alpha value is -0.700. The van der Waals surface area contributed by atoms with Crippen molar-refractivity contribution in [3.63, 3.8) is 0 Å². The zero-order valence-electron chi connectivity index (χ0n) is 9.89. The molecule has 1 rings (SSSR count). The van der Waals surface area contributed by atoms with Gasteiger partial charge in [-0.2, -0.15) is 4.31 Å². The van der Waals surface area contributed by atoms with Gasteiger partial charge in [-0.05, 0) is 35.0 Å². The number of nitrogens with zero attached hydrogens (tertiary/aromatic N) is 1. The second-order valence-corrected chi connectivity index (χ2v) is 6.69. The van der Waals surface area contributed by atoms with Crippen LogP contribution in [0.5, 0.6) is 0 Å². The number of halogens is 2. The SMILES string of the molecule is CC(CO)N(C)S(=O)(=O)c1cc(N)cc(Br)c1F. The maximum atomic E-state index is 13.8. The molecule has 5 nitrogen and oxygen atoms in total. The van der Waals surface area contributed by atoms with Crippen molar-refractivity contribution in [2.24, 2.45) is 0 Å². The first-order valence-electron chi connectivity index (χ1n) is 5.05. The van der Waals surface area contributed by atoms with Crippen molar-refractivity contribution in [2.75, 3.05) is 19.4 Å². The van der Waals surface area contributed by atoms with Gasteiger partial charge in [0.2, 0.25) is 10.0 Å². The summed E-state index contributed by atoms with van der Waals surface area (Å²) in [4.78, 5) is -0.517. The fraction of sp³-hybridized carbons (Fsp3) is 0.400. The van der Waals surface area contributed by atoms with E-state index >= 15 is 0 Å². The molecule has 0 aromatic heterocycles. The van der Waals surface area contributed by atoms with Gasteiger partial charge in [-0.25, -0.2) is 12.8 Å². The molecular weight excluding hydrogens is 327 g/mol.